The molecule has 5 N–H and O–H groups in total. The molecular formula is C27H30F3N3O4. The third-order valence-electron chi connectivity index (χ3n) is 6.16. The van der Waals surface area contributed by atoms with E-state index in [1.54, 1.807) is 19.9 Å². The van der Waals surface area contributed by atoms with Crippen LogP contribution in [0, 0.1) is 23.4 Å². The highest BCUT2D eigenvalue weighted by Crippen LogP contribution is 2.23. The number of hydrogen-bond acceptors (Lipinski definition) is 5. The van der Waals surface area contributed by atoms with Crippen LogP contribution in [-0.2, 0) is 11.2 Å². The Kier molecular flexibility index (Phi) is 8.88. The molecule has 2 aromatic carbocycles. The number of primary amides is 1. The van der Waals surface area contributed by atoms with Crippen molar-refractivity contribution in [1.29, 1.82) is 0 Å². The molecule has 0 fully saturated rings. The van der Waals surface area contributed by atoms with E-state index in [9.17, 15) is 33.0 Å². The van der Waals surface area contributed by atoms with Crippen LogP contribution < -0.4 is 11.1 Å². The molecule has 0 aliphatic heterocycles. The molecule has 198 valence electrons. The largest absolute Gasteiger partial charge is 0.391 e. The van der Waals surface area contributed by atoms with Gasteiger partial charge in [0.2, 0.25) is 5.91 Å². The molecule has 3 rings (SSSR count). The van der Waals surface area contributed by atoms with Crippen molar-refractivity contribution < 1.29 is 33.0 Å². The number of aromatic nitrogens is 1. The predicted octanol–water partition coefficient (Wildman–Crippen LogP) is 3.40. The number of nitrogens with one attached hydrogen (secondary N) is 1. The standard InChI is InChI=1S/C27H30F3N3O4/c1-27(2,37)9-8-17(25(31)35)13-22(34)21(11-15-4-3-5-19(28)10-15)33-26(36)18-12-16-6-7-20(29)23(30)24(16)32-14-18/h3-7,10,12,14,17,21-22,34,37H,8-9,11,13H2,1-2H3,(H2,31,35)(H,33,36)/t17-,21+,22+/m1/s1. The minimum atomic E-state index is -1.26. The Labute approximate surface area is 212 Å². The minimum absolute atomic E-state index is 0.0302. The Morgan fingerprint density at radius 3 is 2.51 bits per heavy atom. The molecule has 3 aromatic rings. The van der Waals surface area contributed by atoms with Gasteiger partial charge in [-0.1, -0.05) is 12.1 Å². The first-order valence-electron chi connectivity index (χ1n) is 11.8. The molecule has 0 aliphatic carbocycles. The number of fused-ring (bicyclic) bond motifs is 1. The zero-order chi connectivity index (χ0) is 27.3. The molecule has 0 unspecified atom stereocenters. The summed E-state index contributed by atoms with van der Waals surface area (Å²) in [4.78, 5) is 28.9. The van der Waals surface area contributed by atoms with Crippen LogP contribution in [-0.4, -0.2) is 44.8 Å². The lowest BCUT2D eigenvalue weighted by atomic mass is 9.87. The third kappa shape index (κ3) is 7.74. The highest BCUT2D eigenvalue weighted by molar-refractivity contribution is 5.97. The SMILES string of the molecule is CC(C)(O)CC[C@H](C[C@H](O)[C@H](Cc1cccc(F)c1)NC(=O)c1cnc2c(F)c(F)ccc2c1)C(N)=O. The molecule has 0 saturated heterocycles. The van der Waals surface area contributed by atoms with Gasteiger partial charge in [0, 0.05) is 17.5 Å². The second-order valence-electron chi connectivity index (χ2n) is 9.82. The molecule has 0 bridgehead atoms. The van der Waals surface area contributed by atoms with E-state index in [2.05, 4.69) is 10.3 Å². The molecule has 10 heteroatoms. The summed E-state index contributed by atoms with van der Waals surface area (Å²) in [6.45, 7) is 3.18. The van der Waals surface area contributed by atoms with Gasteiger partial charge in [-0.3, -0.25) is 14.6 Å². The van der Waals surface area contributed by atoms with Gasteiger partial charge >= 0.3 is 0 Å². The summed E-state index contributed by atoms with van der Waals surface area (Å²) >= 11 is 0. The Balaban J connectivity index is 1.84. The van der Waals surface area contributed by atoms with E-state index in [0.717, 1.165) is 12.3 Å². The monoisotopic (exact) mass is 517 g/mol. The maximum absolute atomic E-state index is 14.0. The summed E-state index contributed by atoms with van der Waals surface area (Å²) < 4.78 is 41.3. The number of nitrogens with two attached hydrogens (primary N) is 1. The van der Waals surface area contributed by atoms with E-state index in [1.165, 1.54) is 30.3 Å². The summed E-state index contributed by atoms with van der Waals surface area (Å²) in [6.07, 6.45) is 0.226. The molecule has 7 nitrogen and oxygen atoms in total. The second-order valence-corrected chi connectivity index (χ2v) is 9.82. The minimum Gasteiger partial charge on any atom is -0.391 e. The summed E-state index contributed by atoms with van der Waals surface area (Å²) in [5.74, 6) is -4.80. The van der Waals surface area contributed by atoms with Gasteiger partial charge in [0.1, 0.15) is 11.3 Å². The molecule has 0 saturated carbocycles. The molecule has 0 spiro atoms. The van der Waals surface area contributed by atoms with Crippen LogP contribution in [0.15, 0.2) is 48.7 Å². The number of rotatable bonds is 11. The van der Waals surface area contributed by atoms with Crippen LogP contribution in [0.2, 0.25) is 0 Å². The van der Waals surface area contributed by atoms with Gasteiger partial charge in [-0.15, -0.1) is 0 Å². The second kappa shape index (κ2) is 11.7. The van der Waals surface area contributed by atoms with Crippen LogP contribution in [0.4, 0.5) is 13.2 Å². The number of pyridine rings is 1. The van der Waals surface area contributed by atoms with E-state index >= 15 is 0 Å². The Morgan fingerprint density at radius 2 is 1.86 bits per heavy atom. The van der Waals surface area contributed by atoms with Crippen molar-refractivity contribution in [3.8, 4) is 0 Å². The fraction of sp³-hybridized carbons (Fsp3) is 0.370. The van der Waals surface area contributed by atoms with Crippen molar-refractivity contribution in [3.05, 3.63) is 77.2 Å². The average molecular weight is 518 g/mol. The van der Waals surface area contributed by atoms with Crippen LogP contribution in [0.1, 0.15) is 49.0 Å². The maximum Gasteiger partial charge on any atom is 0.253 e. The molecule has 0 aliphatic rings. The van der Waals surface area contributed by atoms with Crippen LogP contribution in [0.25, 0.3) is 10.9 Å². The molecule has 3 atom stereocenters. The summed E-state index contributed by atoms with van der Waals surface area (Å²) in [5.41, 5.74) is 4.77. The number of halogens is 3. The van der Waals surface area contributed by atoms with Crippen molar-refractivity contribution in [2.45, 2.75) is 57.3 Å². The smallest absolute Gasteiger partial charge is 0.253 e. The summed E-state index contributed by atoms with van der Waals surface area (Å²) in [5, 5.41) is 23.9. The van der Waals surface area contributed by atoms with Crippen molar-refractivity contribution in [2.75, 3.05) is 0 Å². The molecule has 37 heavy (non-hydrogen) atoms. The van der Waals surface area contributed by atoms with E-state index in [-0.39, 0.29) is 42.1 Å². The number of amides is 2. The Hall–Kier alpha value is -3.50. The zero-order valence-corrected chi connectivity index (χ0v) is 20.5. The van der Waals surface area contributed by atoms with Crippen molar-refractivity contribution in [2.24, 2.45) is 11.7 Å². The summed E-state index contributed by atoms with van der Waals surface area (Å²) in [7, 11) is 0. The van der Waals surface area contributed by atoms with E-state index in [1.807, 2.05) is 0 Å². The molecule has 1 heterocycles. The van der Waals surface area contributed by atoms with Gasteiger partial charge in [0.25, 0.3) is 5.91 Å². The quantitative estimate of drug-likeness (QED) is 0.310. The van der Waals surface area contributed by atoms with Gasteiger partial charge < -0.3 is 21.3 Å². The molecular weight excluding hydrogens is 487 g/mol. The van der Waals surface area contributed by atoms with Crippen molar-refractivity contribution in [3.63, 3.8) is 0 Å². The number of benzene rings is 2. The topological polar surface area (TPSA) is 126 Å². The lowest BCUT2D eigenvalue weighted by molar-refractivity contribution is -0.123. The lowest BCUT2D eigenvalue weighted by Gasteiger charge is -2.28. The van der Waals surface area contributed by atoms with Crippen molar-refractivity contribution >= 4 is 22.7 Å². The molecule has 1 aromatic heterocycles. The highest BCUT2D eigenvalue weighted by Gasteiger charge is 2.29. The summed E-state index contributed by atoms with van der Waals surface area (Å²) in [6, 6.07) is 8.24. The Morgan fingerprint density at radius 1 is 1.14 bits per heavy atom. The predicted molar refractivity (Wildman–Crippen MR) is 132 cm³/mol. The number of aliphatic hydroxyl groups is 2. The molecule has 2 amide bonds. The number of nitrogens with zero attached hydrogens (tertiary/aromatic N) is 1. The number of hydrogen-bond donors (Lipinski definition) is 4. The number of aliphatic hydroxyl groups excluding tert-OH is 1. The van der Waals surface area contributed by atoms with Crippen LogP contribution in [0.5, 0.6) is 0 Å². The normalized spacial score (nSPS) is 14.2. The number of carbonyl (C=O) groups is 2. The average Bonchev–Trinajstić information content (AvgIpc) is 2.82. The first-order valence-corrected chi connectivity index (χ1v) is 11.8. The zero-order valence-electron chi connectivity index (χ0n) is 20.5. The fourth-order valence-corrected chi connectivity index (χ4v) is 4.08. The maximum atomic E-state index is 14.0. The van der Waals surface area contributed by atoms with E-state index < -0.39 is 52.9 Å². The van der Waals surface area contributed by atoms with Gasteiger partial charge in [-0.05, 0) is 75.4 Å². The van der Waals surface area contributed by atoms with Crippen LogP contribution >= 0.6 is 0 Å². The van der Waals surface area contributed by atoms with Gasteiger partial charge in [-0.25, -0.2) is 13.2 Å². The lowest BCUT2D eigenvalue weighted by Crippen LogP contribution is -2.46. The van der Waals surface area contributed by atoms with Crippen molar-refractivity contribution in [1.82, 2.24) is 10.3 Å². The number of carbonyl (C=O) groups excluding carboxylic acids is 2. The van der Waals surface area contributed by atoms with Crippen LogP contribution in [0.3, 0.4) is 0 Å². The highest BCUT2D eigenvalue weighted by atomic mass is 19.2. The van der Waals surface area contributed by atoms with E-state index in [0.29, 0.717) is 5.56 Å². The fourth-order valence-electron chi connectivity index (χ4n) is 4.08. The first kappa shape index (κ1) is 28.1. The van der Waals surface area contributed by atoms with Gasteiger partial charge in [-0.2, -0.15) is 0 Å². The van der Waals surface area contributed by atoms with Gasteiger partial charge in [0.15, 0.2) is 11.6 Å². The van der Waals surface area contributed by atoms with Gasteiger partial charge in [0.05, 0.1) is 23.3 Å². The van der Waals surface area contributed by atoms with E-state index in [4.69, 9.17) is 5.73 Å². The Bertz CT molecular complexity index is 1280. The first-order chi connectivity index (χ1) is 17.3. The molecule has 0 radical (unpaired) electrons. The third-order valence-corrected chi connectivity index (χ3v) is 6.16.